The molecule has 0 saturated carbocycles. The molecule has 1 aromatic rings. The van der Waals surface area contributed by atoms with E-state index < -0.39 is 5.97 Å². The van der Waals surface area contributed by atoms with Crippen LogP contribution in [0.2, 0.25) is 0 Å². The minimum atomic E-state index is -0.962. The Hall–Kier alpha value is -2.17. The molecule has 0 atom stereocenters. The van der Waals surface area contributed by atoms with Crippen molar-refractivity contribution < 1.29 is 24.2 Å². The molecule has 0 unspecified atom stereocenters. The first kappa shape index (κ1) is 19.2. The molecular formula is C14H20O5. The molecule has 0 radical (unpaired) electrons. The van der Waals surface area contributed by atoms with E-state index in [4.69, 9.17) is 14.6 Å². The number of ether oxygens (including phenoxy) is 1. The van der Waals surface area contributed by atoms with Crippen molar-refractivity contribution in [2.24, 2.45) is 0 Å². The Morgan fingerprint density at radius 3 is 1.95 bits per heavy atom. The van der Waals surface area contributed by atoms with E-state index in [2.05, 4.69) is 0 Å². The Morgan fingerprint density at radius 1 is 1.21 bits per heavy atom. The molecule has 1 aromatic carbocycles. The average molecular weight is 268 g/mol. The highest BCUT2D eigenvalue weighted by atomic mass is 16.5. The maximum absolute atomic E-state index is 10.1. The summed E-state index contributed by atoms with van der Waals surface area (Å²) < 4.78 is 4.92. The van der Waals surface area contributed by atoms with Crippen LogP contribution >= 0.6 is 0 Å². The Kier molecular flexibility index (Phi) is 12.4. The van der Waals surface area contributed by atoms with Crippen LogP contribution in [-0.2, 0) is 14.4 Å². The molecule has 0 saturated heterocycles. The van der Waals surface area contributed by atoms with Gasteiger partial charge < -0.3 is 19.4 Å². The SMILES string of the molecule is C=O.CCC(C)=O.Cc1ccc(OCC(=O)O)cc1. The van der Waals surface area contributed by atoms with Crippen LogP contribution in [0.5, 0.6) is 5.75 Å². The fourth-order valence-corrected chi connectivity index (χ4v) is 0.780. The van der Waals surface area contributed by atoms with E-state index in [1.165, 1.54) is 0 Å². The van der Waals surface area contributed by atoms with E-state index in [9.17, 15) is 9.59 Å². The maximum Gasteiger partial charge on any atom is 0.341 e. The summed E-state index contributed by atoms with van der Waals surface area (Å²) in [6.45, 7) is 7.10. The maximum atomic E-state index is 10.1. The molecule has 19 heavy (non-hydrogen) atoms. The summed E-state index contributed by atoms with van der Waals surface area (Å²) in [7, 11) is 0. The fraction of sp³-hybridized carbons (Fsp3) is 0.357. The van der Waals surface area contributed by atoms with Crippen LogP contribution in [0.4, 0.5) is 0 Å². The second-order valence-corrected chi connectivity index (χ2v) is 3.55. The highest BCUT2D eigenvalue weighted by Crippen LogP contribution is 2.10. The van der Waals surface area contributed by atoms with Crippen LogP contribution in [-0.4, -0.2) is 30.3 Å². The van der Waals surface area contributed by atoms with Crippen LogP contribution < -0.4 is 4.74 Å². The van der Waals surface area contributed by atoms with E-state index in [1.807, 2.05) is 32.8 Å². The molecule has 106 valence electrons. The van der Waals surface area contributed by atoms with Crippen LogP contribution in [0.15, 0.2) is 24.3 Å². The molecule has 0 bridgehead atoms. The van der Waals surface area contributed by atoms with Crippen molar-refractivity contribution in [1.29, 1.82) is 0 Å². The lowest BCUT2D eigenvalue weighted by atomic mass is 10.2. The normalized spacial score (nSPS) is 8.16. The van der Waals surface area contributed by atoms with Crippen LogP contribution in [0.1, 0.15) is 25.8 Å². The van der Waals surface area contributed by atoms with Crippen LogP contribution in [0, 0.1) is 6.92 Å². The lowest BCUT2D eigenvalue weighted by Gasteiger charge is -2.01. The van der Waals surface area contributed by atoms with Gasteiger partial charge in [0.15, 0.2) is 6.61 Å². The highest BCUT2D eigenvalue weighted by Gasteiger charge is 1.97. The van der Waals surface area contributed by atoms with Gasteiger partial charge in [0, 0.05) is 6.42 Å². The zero-order chi connectivity index (χ0) is 15.3. The number of benzene rings is 1. The number of rotatable bonds is 4. The van der Waals surface area contributed by atoms with Crippen LogP contribution in [0.25, 0.3) is 0 Å². The summed E-state index contributed by atoms with van der Waals surface area (Å²) in [6, 6.07) is 7.24. The van der Waals surface area contributed by atoms with Gasteiger partial charge in [-0.1, -0.05) is 24.6 Å². The first-order valence-corrected chi connectivity index (χ1v) is 5.65. The minimum absolute atomic E-state index is 0.255. The molecule has 0 fully saturated rings. The molecule has 0 spiro atoms. The van der Waals surface area contributed by atoms with Crippen molar-refractivity contribution in [3.63, 3.8) is 0 Å². The minimum Gasteiger partial charge on any atom is -0.482 e. The fourth-order valence-electron chi connectivity index (χ4n) is 0.780. The number of carbonyl (C=O) groups is 3. The predicted molar refractivity (Wildman–Crippen MR) is 72.4 cm³/mol. The Balaban J connectivity index is 0. The molecule has 0 aliphatic carbocycles. The van der Waals surface area contributed by atoms with E-state index in [0.29, 0.717) is 12.2 Å². The summed E-state index contributed by atoms with van der Waals surface area (Å²) in [5, 5.41) is 8.30. The highest BCUT2D eigenvalue weighted by molar-refractivity contribution is 5.74. The van der Waals surface area contributed by atoms with E-state index in [-0.39, 0.29) is 12.4 Å². The van der Waals surface area contributed by atoms with E-state index in [1.54, 1.807) is 19.1 Å². The van der Waals surface area contributed by atoms with Crippen molar-refractivity contribution in [2.75, 3.05) is 6.61 Å². The average Bonchev–Trinajstić information content (AvgIpc) is 2.41. The number of hydrogen-bond donors (Lipinski definition) is 1. The lowest BCUT2D eigenvalue weighted by Crippen LogP contribution is -2.09. The van der Waals surface area contributed by atoms with Gasteiger partial charge in [0.1, 0.15) is 18.3 Å². The van der Waals surface area contributed by atoms with Crippen molar-refractivity contribution in [1.82, 2.24) is 0 Å². The van der Waals surface area contributed by atoms with Crippen molar-refractivity contribution in [2.45, 2.75) is 27.2 Å². The topological polar surface area (TPSA) is 80.7 Å². The largest absolute Gasteiger partial charge is 0.482 e. The molecule has 5 nitrogen and oxygen atoms in total. The molecule has 1 rings (SSSR count). The van der Waals surface area contributed by atoms with Gasteiger partial charge in [0.2, 0.25) is 0 Å². The molecule has 0 aliphatic heterocycles. The lowest BCUT2D eigenvalue weighted by molar-refractivity contribution is -0.139. The van der Waals surface area contributed by atoms with Gasteiger partial charge in [-0.05, 0) is 26.0 Å². The number of carbonyl (C=O) groups excluding carboxylic acids is 2. The number of carboxylic acid groups (broad SMARTS) is 1. The summed E-state index contributed by atoms with van der Waals surface area (Å²) >= 11 is 0. The van der Waals surface area contributed by atoms with Gasteiger partial charge in [-0.15, -0.1) is 0 Å². The molecular weight excluding hydrogens is 248 g/mol. The molecule has 0 aromatic heterocycles. The summed E-state index contributed by atoms with van der Waals surface area (Å²) in [5.74, 6) is -0.122. The molecule has 1 N–H and O–H groups in total. The molecule has 0 aliphatic rings. The van der Waals surface area contributed by atoms with Gasteiger partial charge in [0.05, 0.1) is 0 Å². The zero-order valence-corrected chi connectivity index (χ0v) is 11.5. The quantitative estimate of drug-likeness (QED) is 0.905. The first-order valence-electron chi connectivity index (χ1n) is 5.65. The third kappa shape index (κ3) is 13.8. The van der Waals surface area contributed by atoms with Gasteiger partial charge in [-0.3, -0.25) is 0 Å². The third-order valence-electron chi connectivity index (χ3n) is 1.88. The van der Waals surface area contributed by atoms with Gasteiger partial charge in [-0.2, -0.15) is 0 Å². The van der Waals surface area contributed by atoms with E-state index in [0.717, 1.165) is 5.56 Å². The Morgan fingerprint density at radius 2 is 1.63 bits per heavy atom. The van der Waals surface area contributed by atoms with Crippen molar-refractivity contribution in [3.05, 3.63) is 29.8 Å². The Labute approximate surface area is 113 Å². The number of aryl methyl sites for hydroxylation is 1. The molecule has 0 amide bonds. The number of hydrogen-bond acceptors (Lipinski definition) is 4. The van der Waals surface area contributed by atoms with Crippen molar-refractivity contribution >= 4 is 18.5 Å². The zero-order valence-electron chi connectivity index (χ0n) is 11.5. The summed E-state index contributed by atoms with van der Waals surface area (Å²) in [4.78, 5) is 27.9. The number of ketones is 1. The number of Topliss-reactive ketones (excluding diaryl/α,β-unsaturated/α-hetero) is 1. The predicted octanol–water partition coefficient (Wildman–Crippen LogP) is 2.26. The van der Waals surface area contributed by atoms with Gasteiger partial charge in [-0.25, -0.2) is 4.79 Å². The van der Waals surface area contributed by atoms with Crippen molar-refractivity contribution in [3.8, 4) is 5.75 Å². The first-order chi connectivity index (χ1) is 8.95. The van der Waals surface area contributed by atoms with Gasteiger partial charge in [0.25, 0.3) is 0 Å². The standard InChI is InChI=1S/C9H10O3.C4H8O.CH2O/c1-7-2-4-8(5-3-7)12-6-9(10)11;1-3-4(2)5;1-2/h2-5H,6H2,1H3,(H,10,11);3H2,1-2H3;1H2. The second kappa shape index (κ2) is 12.3. The number of aliphatic carboxylic acids is 1. The summed E-state index contributed by atoms with van der Waals surface area (Å²) in [5.41, 5.74) is 1.12. The van der Waals surface area contributed by atoms with E-state index >= 15 is 0 Å². The second-order valence-electron chi connectivity index (χ2n) is 3.55. The summed E-state index contributed by atoms with van der Waals surface area (Å²) in [6.07, 6.45) is 0.667. The molecule has 5 heteroatoms. The Bertz CT molecular complexity index is 370. The van der Waals surface area contributed by atoms with Gasteiger partial charge >= 0.3 is 5.97 Å². The third-order valence-corrected chi connectivity index (χ3v) is 1.88. The smallest absolute Gasteiger partial charge is 0.341 e. The van der Waals surface area contributed by atoms with Crippen LogP contribution in [0.3, 0.4) is 0 Å². The molecule has 0 heterocycles. The number of carboxylic acids is 1. The monoisotopic (exact) mass is 268 g/mol.